The number of hydrogen-bond donors (Lipinski definition) is 1. The highest BCUT2D eigenvalue weighted by Gasteiger charge is 2.41. The molecule has 1 N–H and O–H groups in total. The van der Waals surface area contributed by atoms with Gasteiger partial charge < -0.3 is 14.2 Å². The van der Waals surface area contributed by atoms with E-state index in [1.54, 1.807) is 19.9 Å². The van der Waals surface area contributed by atoms with Crippen LogP contribution in [0.3, 0.4) is 0 Å². The number of aliphatic hydroxyl groups is 1. The molecule has 0 amide bonds. The number of rotatable bonds is 10. The summed E-state index contributed by atoms with van der Waals surface area (Å²) in [6, 6.07) is 19.0. The number of benzene rings is 2. The number of aliphatic hydroxyl groups excluding tert-OH is 1. The molecule has 0 heterocycles. The van der Waals surface area contributed by atoms with Gasteiger partial charge in [0.2, 0.25) is 0 Å². The third-order valence-corrected chi connectivity index (χ3v) is 8.43. The fourth-order valence-corrected chi connectivity index (χ4v) is 6.58. The van der Waals surface area contributed by atoms with E-state index in [0.29, 0.717) is 18.8 Å². The second-order valence-corrected chi connectivity index (χ2v) is 9.34. The normalized spacial score (nSPS) is 14.7. The van der Waals surface area contributed by atoms with Crippen molar-refractivity contribution in [1.29, 1.82) is 0 Å². The third kappa shape index (κ3) is 5.73. The summed E-state index contributed by atoms with van der Waals surface area (Å²) in [7, 11) is -3.39. The molecule has 0 aromatic heterocycles. The topological polar surface area (TPSA) is 55.8 Å². The zero-order chi connectivity index (χ0) is 19.7. The first-order chi connectivity index (χ1) is 13.1. The van der Waals surface area contributed by atoms with Gasteiger partial charge in [0.25, 0.3) is 0 Å². The lowest BCUT2D eigenvalue weighted by Crippen LogP contribution is -2.18. The maximum Gasteiger partial charge on any atom is 0.344 e. The Bertz CT molecular complexity index is 754. The molecule has 2 aromatic carbocycles. The molecule has 0 aliphatic carbocycles. The van der Waals surface area contributed by atoms with E-state index in [9.17, 15) is 9.67 Å². The van der Waals surface area contributed by atoms with E-state index in [2.05, 4.69) is 0 Å². The van der Waals surface area contributed by atoms with Gasteiger partial charge in [0, 0.05) is 11.5 Å². The maximum atomic E-state index is 13.5. The summed E-state index contributed by atoms with van der Waals surface area (Å²) in [6.45, 7) is 4.20. The van der Waals surface area contributed by atoms with Gasteiger partial charge in [-0.05, 0) is 31.7 Å². The second kappa shape index (κ2) is 10.7. The van der Waals surface area contributed by atoms with Crippen molar-refractivity contribution in [2.75, 3.05) is 19.5 Å². The largest absolute Gasteiger partial charge is 0.508 e. The lowest BCUT2D eigenvalue weighted by molar-refractivity contribution is 0.217. The maximum absolute atomic E-state index is 13.5. The average Bonchev–Trinajstić information content (AvgIpc) is 2.69. The predicted octanol–water partition coefficient (Wildman–Crippen LogP) is 6.32. The average molecular weight is 406 g/mol. The Morgan fingerprint density at radius 1 is 1.04 bits per heavy atom. The zero-order valence-corrected chi connectivity index (χ0v) is 17.7. The summed E-state index contributed by atoms with van der Waals surface area (Å²) in [5.41, 5.74) is 1.65. The summed E-state index contributed by atoms with van der Waals surface area (Å²) >= 11 is 1.43. The molecule has 0 radical (unpaired) electrons. The molecular formula is C21H27O4PS. The monoisotopic (exact) mass is 406 g/mol. The van der Waals surface area contributed by atoms with Crippen LogP contribution in [0.5, 0.6) is 0 Å². The molecule has 0 saturated heterocycles. The predicted molar refractivity (Wildman–Crippen MR) is 114 cm³/mol. The highest BCUT2D eigenvalue weighted by atomic mass is 32.2. The first kappa shape index (κ1) is 21.8. The summed E-state index contributed by atoms with van der Waals surface area (Å²) in [5.74, 6) is -0.201. The Labute approximate surface area is 166 Å². The molecule has 4 nitrogen and oxygen atoms in total. The third-order valence-electron chi connectivity index (χ3n) is 4.07. The fourth-order valence-electron chi connectivity index (χ4n) is 2.91. The van der Waals surface area contributed by atoms with Crippen molar-refractivity contribution in [1.82, 2.24) is 0 Å². The van der Waals surface area contributed by atoms with E-state index in [4.69, 9.17) is 9.05 Å². The van der Waals surface area contributed by atoms with Crippen molar-refractivity contribution < 1.29 is 18.7 Å². The van der Waals surface area contributed by atoms with E-state index in [-0.39, 0.29) is 11.7 Å². The SMILES string of the molecule is CCOP(=O)(OCC)C(SC)C(/C=C(\O)c1ccccc1)c1ccccc1. The molecule has 2 aromatic rings. The minimum Gasteiger partial charge on any atom is -0.508 e. The quantitative estimate of drug-likeness (QED) is 0.369. The Balaban J connectivity index is 2.52. The van der Waals surface area contributed by atoms with Gasteiger partial charge in [0.1, 0.15) is 10.8 Å². The van der Waals surface area contributed by atoms with Crippen LogP contribution in [-0.4, -0.2) is 29.6 Å². The lowest BCUT2D eigenvalue weighted by Gasteiger charge is -2.30. The minimum atomic E-state index is -3.39. The van der Waals surface area contributed by atoms with E-state index < -0.39 is 12.6 Å². The van der Waals surface area contributed by atoms with Gasteiger partial charge in [0.15, 0.2) is 0 Å². The van der Waals surface area contributed by atoms with E-state index >= 15 is 0 Å². The number of allylic oxidation sites excluding steroid dienone is 1. The fraction of sp³-hybridized carbons (Fsp3) is 0.333. The summed E-state index contributed by atoms with van der Waals surface area (Å²) < 4.78 is 24.7. The lowest BCUT2D eigenvalue weighted by atomic mass is 9.98. The molecule has 0 aliphatic rings. The van der Waals surface area contributed by atoms with Crippen LogP contribution in [0.25, 0.3) is 5.76 Å². The number of thioether (sulfide) groups is 1. The molecule has 2 atom stereocenters. The zero-order valence-electron chi connectivity index (χ0n) is 15.9. The van der Waals surface area contributed by atoms with Crippen molar-refractivity contribution >= 4 is 25.1 Å². The summed E-state index contributed by atoms with van der Waals surface area (Å²) in [4.78, 5) is -0.481. The summed E-state index contributed by atoms with van der Waals surface area (Å²) in [5, 5.41) is 10.7. The van der Waals surface area contributed by atoms with Crippen molar-refractivity contribution in [2.24, 2.45) is 0 Å². The molecule has 0 bridgehead atoms. The molecule has 0 fully saturated rings. The Hall–Kier alpha value is -1.52. The highest BCUT2D eigenvalue weighted by molar-refractivity contribution is 8.04. The van der Waals surface area contributed by atoms with Crippen LogP contribution in [0.1, 0.15) is 30.9 Å². The van der Waals surface area contributed by atoms with Crippen LogP contribution in [0.2, 0.25) is 0 Å². The van der Waals surface area contributed by atoms with E-state index in [1.807, 2.05) is 66.9 Å². The van der Waals surface area contributed by atoms with Gasteiger partial charge in [-0.15, -0.1) is 11.8 Å². The van der Waals surface area contributed by atoms with E-state index in [0.717, 1.165) is 5.56 Å². The van der Waals surface area contributed by atoms with Crippen molar-refractivity contribution in [3.63, 3.8) is 0 Å². The van der Waals surface area contributed by atoms with Gasteiger partial charge in [-0.1, -0.05) is 60.7 Å². The Kier molecular flexibility index (Phi) is 8.65. The Morgan fingerprint density at radius 2 is 1.56 bits per heavy atom. The van der Waals surface area contributed by atoms with Gasteiger partial charge in [0.05, 0.1) is 13.2 Å². The first-order valence-corrected chi connectivity index (χ1v) is 11.9. The van der Waals surface area contributed by atoms with Crippen molar-refractivity contribution in [3.8, 4) is 0 Å². The molecule has 0 spiro atoms. The van der Waals surface area contributed by atoms with Crippen LogP contribution < -0.4 is 0 Å². The van der Waals surface area contributed by atoms with Crippen molar-refractivity contribution in [2.45, 2.75) is 24.8 Å². The second-order valence-electron chi connectivity index (χ2n) is 5.86. The molecule has 2 rings (SSSR count). The van der Waals surface area contributed by atoms with Gasteiger partial charge in [-0.25, -0.2) is 0 Å². The highest BCUT2D eigenvalue weighted by Crippen LogP contribution is 2.61. The van der Waals surface area contributed by atoms with Crippen LogP contribution >= 0.6 is 19.4 Å². The molecule has 0 saturated carbocycles. The van der Waals surface area contributed by atoms with Gasteiger partial charge in [-0.3, -0.25) is 4.57 Å². The number of hydrogen-bond acceptors (Lipinski definition) is 5. The first-order valence-electron chi connectivity index (χ1n) is 8.98. The van der Waals surface area contributed by atoms with Crippen LogP contribution in [0.15, 0.2) is 66.7 Å². The molecule has 0 aliphatic heterocycles. The van der Waals surface area contributed by atoms with Crippen LogP contribution in [0, 0.1) is 0 Å². The smallest absolute Gasteiger partial charge is 0.344 e. The molecule has 2 unspecified atom stereocenters. The molecular weight excluding hydrogens is 379 g/mol. The molecule has 27 heavy (non-hydrogen) atoms. The summed E-state index contributed by atoms with van der Waals surface area (Å²) in [6.07, 6.45) is 3.63. The van der Waals surface area contributed by atoms with Gasteiger partial charge in [-0.2, -0.15) is 0 Å². The standard InChI is InChI=1S/C21H27O4PS/c1-4-24-26(23,25-5-2)21(27-3)19(17-12-8-6-9-13-17)16-20(22)18-14-10-7-11-15-18/h6-16,19,21-22H,4-5H2,1-3H3/b20-16-. The minimum absolute atomic E-state index is 0.142. The van der Waals surface area contributed by atoms with E-state index in [1.165, 1.54) is 11.8 Å². The molecule has 146 valence electrons. The Morgan fingerprint density at radius 3 is 2.04 bits per heavy atom. The molecule has 6 heteroatoms. The van der Waals surface area contributed by atoms with Crippen LogP contribution in [0.4, 0.5) is 0 Å². The van der Waals surface area contributed by atoms with Gasteiger partial charge >= 0.3 is 7.60 Å². The van der Waals surface area contributed by atoms with Crippen LogP contribution in [-0.2, 0) is 13.6 Å². The van der Waals surface area contributed by atoms with Crippen molar-refractivity contribution in [3.05, 3.63) is 77.9 Å².